The average Bonchev–Trinajstić information content (AvgIpc) is 3.41. The van der Waals surface area contributed by atoms with Crippen LogP contribution < -0.4 is 4.74 Å². The van der Waals surface area contributed by atoms with Crippen LogP contribution in [0, 0.1) is 5.82 Å². The molecule has 0 atom stereocenters. The number of carbonyl (C=O) groups is 1. The van der Waals surface area contributed by atoms with Gasteiger partial charge in [-0.15, -0.1) is 11.3 Å². The van der Waals surface area contributed by atoms with Crippen LogP contribution in [0.15, 0.2) is 41.9 Å². The molecule has 134 valence electrons. The van der Waals surface area contributed by atoms with Crippen molar-refractivity contribution in [1.29, 1.82) is 0 Å². The van der Waals surface area contributed by atoms with E-state index in [1.165, 1.54) is 23.5 Å². The van der Waals surface area contributed by atoms with E-state index >= 15 is 0 Å². The molecule has 0 bridgehead atoms. The summed E-state index contributed by atoms with van der Waals surface area (Å²) in [6, 6.07) is 7.75. The summed E-state index contributed by atoms with van der Waals surface area (Å²) >= 11 is 1.49. The summed E-state index contributed by atoms with van der Waals surface area (Å²) in [4.78, 5) is 21.9. The lowest BCUT2D eigenvalue weighted by molar-refractivity contribution is 0.0788. The van der Waals surface area contributed by atoms with Gasteiger partial charge in [0.1, 0.15) is 28.9 Å². The molecule has 7 heteroatoms. The van der Waals surface area contributed by atoms with Gasteiger partial charge in [0.15, 0.2) is 0 Å². The molecular formula is C19H18FN3O2S. The monoisotopic (exact) mass is 371 g/mol. The van der Waals surface area contributed by atoms with E-state index in [2.05, 4.69) is 9.97 Å². The molecule has 1 fully saturated rings. The lowest BCUT2D eigenvalue weighted by atomic mass is 10.2. The third kappa shape index (κ3) is 3.62. The third-order valence-electron chi connectivity index (χ3n) is 4.33. The van der Waals surface area contributed by atoms with Crippen molar-refractivity contribution in [3.8, 4) is 17.0 Å². The molecular weight excluding hydrogens is 353 g/mol. The van der Waals surface area contributed by atoms with Crippen LogP contribution in [0.2, 0.25) is 0 Å². The molecule has 1 N–H and O–H groups in total. The molecule has 1 saturated heterocycles. The number of amides is 1. The minimum absolute atomic E-state index is 0.0452. The Bertz CT molecular complexity index is 898. The zero-order valence-corrected chi connectivity index (χ0v) is 14.9. The van der Waals surface area contributed by atoms with Crippen LogP contribution >= 0.6 is 11.3 Å². The zero-order chi connectivity index (χ0) is 17.9. The largest absolute Gasteiger partial charge is 0.486 e. The summed E-state index contributed by atoms with van der Waals surface area (Å²) in [6.07, 6.45) is 3.95. The molecule has 26 heavy (non-hydrogen) atoms. The number of nitrogens with zero attached hydrogens (tertiary/aromatic N) is 2. The summed E-state index contributed by atoms with van der Waals surface area (Å²) in [5.41, 5.74) is 2.29. The lowest BCUT2D eigenvalue weighted by Crippen LogP contribution is -2.27. The molecule has 1 amide bonds. The van der Waals surface area contributed by atoms with Gasteiger partial charge < -0.3 is 14.6 Å². The molecule has 1 aliphatic heterocycles. The zero-order valence-electron chi connectivity index (χ0n) is 14.1. The quantitative estimate of drug-likeness (QED) is 0.735. The number of aromatic amines is 1. The molecule has 2 aromatic heterocycles. The van der Waals surface area contributed by atoms with E-state index in [0.717, 1.165) is 42.2 Å². The van der Waals surface area contributed by atoms with Gasteiger partial charge >= 0.3 is 0 Å². The fourth-order valence-electron chi connectivity index (χ4n) is 2.94. The van der Waals surface area contributed by atoms with Crippen molar-refractivity contribution in [2.75, 3.05) is 13.1 Å². The average molecular weight is 371 g/mol. The highest BCUT2D eigenvalue weighted by Crippen LogP contribution is 2.25. The smallest absolute Gasteiger partial charge is 0.270 e. The van der Waals surface area contributed by atoms with Gasteiger partial charge in [0, 0.05) is 30.2 Å². The molecule has 1 aliphatic rings. The molecule has 4 rings (SSSR count). The minimum atomic E-state index is -0.291. The number of ether oxygens (including phenoxy) is 1. The highest BCUT2D eigenvalue weighted by atomic mass is 32.1. The van der Waals surface area contributed by atoms with Gasteiger partial charge in [-0.3, -0.25) is 4.79 Å². The molecule has 0 aliphatic carbocycles. The summed E-state index contributed by atoms with van der Waals surface area (Å²) in [5.74, 6) is 0.354. The standard InChI is InChI=1S/C19H18FN3O2S/c20-14-3-5-15(6-4-14)25-11-18-22-17(12-26-18)13-9-16(21-10-13)19(24)23-7-1-2-8-23/h3-6,9-10,12,21H,1-2,7-8,11H2. The Morgan fingerprint density at radius 3 is 2.81 bits per heavy atom. The van der Waals surface area contributed by atoms with Crippen molar-refractivity contribution < 1.29 is 13.9 Å². The van der Waals surface area contributed by atoms with Gasteiger partial charge in [0.2, 0.25) is 0 Å². The molecule has 0 saturated carbocycles. The normalized spacial score (nSPS) is 14.0. The topological polar surface area (TPSA) is 58.2 Å². The number of halogens is 1. The number of aromatic nitrogens is 2. The lowest BCUT2D eigenvalue weighted by Gasteiger charge is -2.13. The minimum Gasteiger partial charge on any atom is -0.486 e. The van der Waals surface area contributed by atoms with E-state index in [4.69, 9.17) is 4.74 Å². The molecule has 0 radical (unpaired) electrons. The second kappa shape index (κ2) is 7.29. The van der Waals surface area contributed by atoms with Crippen molar-refractivity contribution in [3.05, 3.63) is 58.4 Å². The van der Waals surface area contributed by atoms with Gasteiger partial charge in [0.05, 0.1) is 5.69 Å². The maximum Gasteiger partial charge on any atom is 0.270 e. The third-order valence-corrected chi connectivity index (χ3v) is 5.15. The summed E-state index contributed by atoms with van der Waals surface area (Å²) in [7, 11) is 0. The predicted molar refractivity (Wildman–Crippen MR) is 97.8 cm³/mol. The van der Waals surface area contributed by atoms with Crippen LogP contribution in [0.3, 0.4) is 0 Å². The predicted octanol–water partition coefficient (Wildman–Crippen LogP) is 4.09. The van der Waals surface area contributed by atoms with Crippen molar-refractivity contribution >= 4 is 17.2 Å². The Labute approximate surface area is 154 Å². The Morgan fingerprint density at radius 1 is 1.27 bits per heavy atom. The van der Waals surface area contributed by atoms with Crippen molar-refractivity contribution in [1.82, 2.24) is 14.9 Å². The SMILES string of the molecule is O=C(c1cc(-c2csc(COc3ccc(F)cc3)n2)c[nH]1)N1CCCC1. The Balaban J connectivity index is 1.41. The van der Waals surface area contributed by atoms with Crippen LogP contribution in [0.4, 0.5) is 4.39 Å². The number of hydrogen-bond donors (Lipinski definition) is 1. The Kier molecular flexibility index (Phi) is 4.71. The number of hydrogen-bond acceptors (Lipinski definition) is 4. The van der Waals surface area contributed by atoms with E-state index in [-0.39, 0.29) is 11.7 Å². The van der Waals surface area contributed by atoms with Crippen molar-refractivity contribution in [2.24, 2.45) is 0 Å². The second-order valence-electron chi connectivity index (χ2n) is 6.17. The molecule has 0 spiro atoms. The Morgan fingerprint density at radius 2 is 2.04 bits per heavy atom. The van der Waals surface area contributed by atoms with Crippen LogP contribution in [-0.4, -0.2) is 33.9 Å². The van der Waals surface area contributed by atoms with Gasteiger partial charge in [-0.2, -0.15) is 0 Å². The summed E-state index contributed by atoms with van der Waals surface area (Å²) in [6.45, 7) is 1.98. The number of rotatable bonds is 5. The first-order chi connectivity index (χ1) is 12.7. The molecule has 5 nitrogen and oxygen atoms in total. The van der Waals surface area contributed by atoms with Crippen LogP contribution in [0.25, 0.3) is 11.3 Å². The van der Waals surface area contributed by atoms with E-state index in [9.17, 15) is 9.18 Å². The van der Waals surface area contributed by atoms with Gasteiger partial charge in [-0.25, -0.2) is 9.37 Å². The first-order valence-electron chi connectivity index (χ1n) is 8.50. The van der Waals surface area contributed by atoms with Gasteiger partial charge in [-0.05, 0) is 43.2 Å². The van der Waals surface area contributed by atoms with E-state index in [1.807, 2.05) is 22.5 Å². The highest BCUT2D eigenvalue weighted by molar-refractivity contribution is 7.09. The number of thiazole rings is 1. The van der Waals surface area contributed by atoms with Crippen LogP contribution in [-0.2, 0) is 6.61 Å². The number of nitrogens with one attached hydrogen (secondary N) is 1. The highest BCUT2D eigenvalue weighted by Gasteiger charge is 2.21. The van der Waals surface area contributed by atoms with Crippen molar-refractivity contribution in [2.45, 2.75) is 19.4 Å². The maximum atomic E-state index is 12.9. The first kappa shape index (κ1) is 16.8. The number of H-pyrrole nitrogens is 1. The number of benzene rings is 1. The second-order valence-corrected chi connectivity index (χ2v) is 7.11. The van der Waals surface area contributed by atoms with Crippen molar-refractivity contribution in [3.63, 3.8) is 0 Å². The fourth-order valence-corrected chi connectivity index (χ4v) is 3.66. The van der Waals surface area contributed by atoms with Gasteiger partial charge in [0.25, 0.3) is 5.91 Å². The molecule has 3 heterocycles. The number of likely N-dealkylation sites (tertiary alicyclic amines) is 1. The molecule has 0 unspecified atom stereocenters. The Hall–Kier alpha value is -2.67. The molecule has 3 aromatic rings. The summed E-state index contributed by atoms with van der Waals surface area (Å²) in [5, 5.41) is 2.76. The van der Waals surface area contributed by atoms with E-state index in [0.29, 0.717) is 18.1 Å². The van der Waals surface area contributed by atoms with Crippen LogP contribution in [0.5, 0.6) is 5.75 Å². The van der Waals surface area contributed by atoms with E-state index < -0.39 is 0 Å². The molecule has 1 aromatic carbocycles. The first-order valence-corrected chi connectivity index (χ1v) is 9.38. The van der Waals surface area contributed by atoms with Crippen LogP contribution in [0.1, 0.15) is 28.3 Å². The van der Waals surface area contributed by atoms with E-state index in [1.54, 1.807) is 12.1 Å². The number of carbonyl (C=O) groups excluding carboxylic acids is 1. The summed E-state index contributed by atoms with van der Waals surface area (Å²) < 4.78 is 18.5. The van der Waals surface area contributed by atoms with Gasteiger partial charge in [-0.1, -0.05) is 0 Å². The fraction of sp³-hybridized carbons (Fsp3) is 0.263. The maximum absolute atomic E-state index is 12.9.